The topological polar surface area (TPSA) is 43.7 Å². The second kappa shape index (κ2) is 6.15. The van der Waals surface area contributed by atoms with E-state index in [0.29, 0.717) is 6.42 Å². The van der Waals surface area contributed by atoms with Gasteiger partial charge in [0.1, 0.15) is 6.23 Å². The summed E-state index contributed by atoms with van der Waals surface area (Å²) in [6, 6.07) is 9.92. The van der Waals surface area contributed by atoms with E-state index in [9.17, 15) is 10.3 Å². The Kier molecular flexibility index (Phi) is 4.54. The molecule has 0 spiro atoms. The van der Waals surface area contributed by atoms with Crippen molar-refractivity contribution in [1.82, 2.24) is 5.06 Å². The molecule has 3 nitrogen and oxygen atoms in total. The molecule has 2 N–H and O–H groups in total. The maximum absolute atomic E-state index is 10.00. The van der Waals surface area contributed by atoms with Crippen LogP contribution >= 0.6 is 0 Å². The summed E-state index contributed by atoms with van der Waals surface area (Å²) in [6.45, 7) is 0. The zero-order valence-electron chi connectivity index (χ0n) is 10.1. The lowest BCUT2D eigenvalue weighted by molar-refractivity contribution is -0.226. The monoisotopic (exact) mass is 235 g/mol. The second-order valence-corrected chi connectivity index (χ2v) is 4.84. The molecule has 17 heavy (non-hydrogen) atoms. The SMILES string of the molecule is OC(Cc1ccccc1)N(O)C1CCCCC1. The zero-order chi connectivity index (χ0) is 12.1. The molecule has 0 bridgehead atoms. The van der Waals surface area contributed by atoms with Crippen LogP contribution in [-0.4, -0.2) is 27.6 Å². The first-order valence-corrected chi connectivity index (χ1v) is 6.46. The molecule has 0 amide bonds. The molecule has 1 saturated carbocycles. The van der Waals surface area contributed by atoms with Crippen LogP contribution in [0.1, 0.15) is 37.7 Å². The number of rotatable bonds is 4. The minimum absolute atomic E-state index is 0.127. The smallest absolute Gasteiger partial charge is 0.133 e. The van der Waals surface area contributed by atoms with Gasteiger partial charge in [-0.15, -0.1) is 0 Å². The molecule has 0 saturated heterocycles. The molecular formula is C14H21NO2. The third-order valence-electron chi connectivity index (χ3n) is 3.52. The van der Waals surface area contributed by atoms with Gasteiger partial charge >= 0.3 is 0 Å². The van der Waals surface area contributed by atoms with Gasteiger partial charge in [0.05, 0.1) is 0 Å². The van der Waals surface area contributed by atoms with Gasteiger partial charge < -0.3 is 10.3 Å². The standard InChI is InChI=1S/C14H21NO2/c16-14(11-12-7-3-1-4-8-12)15(17)13-9-5-2-6-10-13/h1,3-4,7-8,13-14,16-17H,2,5-6,9-11H2. The maximum Gasteiger partial charge on any atom is 0.133 e. The molecule has 0 aromatic heterocycles. The average molecular weight is 235 g/mol. The third kappa shape index (κ3) is 3.53. The molecule has 1 atom stereocenters. The summed E-state index contributed by atoms with van der Waals surface area (Å²) < 4.78 is 0. The number of nitrogens with zero attached hydrogens (tertiary/aromatic N) is 1. The van der Waals surface area contributed by atoms with Crippen molar-refractivity contribution in [3.63, 3.8) is 0 Å². The predicted molar refractivity (Wildman–Crippen MR) is 66.7 cm³/mol. The number of hydrogen-bond donors (Lipinski definition) is 2. The summed E-state index contributed by atoms with van der Waals surface area (Å²) in [5, 5.41) is 21.1. The van der Waals surface area contributed by atoms with E-state index in [4.69, 9.17) is 0 Å². The molecule has 1 unspecified atom stereocenters. The van der Waals surface area contributed by atoms with Gasteiger partial charge in [-0.3, -0.25) is 0 Å². The Bertz CT molecular complexity index is 322. The number of hydrogen-bond acceptors (Lipinski definition) is 3. The first kappa shape index (κ1) is 12.6. The maximum atomic E-state index is 10.00. The van der Waals surface area contributed by atoms with E-state index in [0.717, 1.165) is 36.3 Å². The Morgan fingerprint density at radius 1 is 1.12 bits per heavy atom. The first-order chi connectivity index (χ1) is 8.27. The largest absolute Gasteiger partial charge is 0.376 e. The minimum atomic E-state index is -0.791. The van der Waals surface area contributed by atoms with Crippen LogP contribution in [0.2, 0.25) is 0 Å². The van der Waals surface area contributed by atoms with E-state index in [2.05, 4.69) is 0 Å². The van der Waals surface area contributed by atoms with Gasteiger partial charge in [-0.05, 0) is 18.4 Å². The lowest BCUT2D eigenvalue weighted by Gasteiger charge is -2.32. The fourth-order valence-electron chi connectivity index (χ4n) is 2.51. The summed E-state index contributed by atoms with van der Waals surface area (Å²) in [6.07, 6.45) is 5.22. The molecule has 1 aliphatic rings. The van der Waals surface area contributed by atoms with Gasteiger partial charge in [-0.2, -0.15) is 5.06 Å². The molecule has 94 valence electrons. The highest BCUT2D eigenvalue weighted by atomic mass is 16.5. The molecule has 1 aliphatic carbocycles. The molecule has 0 heterocycles. The van der Waals surface area contributed by atoms with Crippen LogP contribution in [0.25, 0.3) is 0 Å². The summed E-state index contributed by atoms with van der Waals surface area (Å²) >= 11 is 0. The number of hydroxylamine groups is 2. The van der Waals surface area contributed by atoms with Crippen molar-refractivity contribution in [3.8, 4) is 0 Å². The highest BCUT2D eigenvalue weighted by molar-refractivity contribution is 5.15. The second-order valence-electron chi connectivity index (χ2n) is 4.84. The van der Waals surface area contributed by atoms with Crippen LogP contribution in [0, 0.1) is 0 Å². The van der Waals surface area contributed by atoms with E-state index < -0.39 is 6.23 Å². The van der Waals surface area contributed by atoms with Crippen LogP contribution in [0.3, 0.4) is 0 Å². The van der Waals surface area contributed by atoms with E-state index in [1.165, 1.54) is 6.42 Å². The van der Waals surface area contributed by atoms with Gasteiger partial charge in [-0.1, -0.05) is 49.6 Å². The molecule has 0 radical (unpaired) electrons. The van der Waals surface area contributed by atoms with Crippen LogP contribution < -0.4 is 0 Å². The van der Waals surface area contributed by atoms with E-state index >= 15 is 0 Å². The molecule has 1 aromatic carbocycles. The van der Waals surface area contributed by atoms with Gasteiger partial charge in [0.15, 0.2) is 0 Å². The van der Waals surface area contributed by atoms with Crippen LogP contribution in [0.4, 0.5) is 0 Å². The Balaban J connectivity index is 1.88. The Morgan fingerprint density at radius 2 is 1.76 bits per heavy atom. The Labute approximate surface area is 103 Å². The summed E-state index contributed by atoms with van der Waals surface area (Å²) in [5.41, 5.74) is 1.05. The van der Waals surface area contributed by atoms with Crippen LogP contribution in [0.15, 0.2) is 30.3 Å². The number of aliphatic hydroxyl groups is 1. The first-order valence-electron chi connectivity index (χ1n) is 6.46. The van der Waals surface area contributed by atoms with E-state index in [1.807, 2.05) is 30.3 Å². The van der Waals surface area contributed by atoms with Crippen molar-refractivity contribution in [2.75, 3.05) is 0 Å². The normalized spacial score (nSPS) is 19.5. The van der Waals surface area contributed by atoms with Crippen LogP contribution in [-0.2, 0) is 6.42 Å². The Morgan fingerprint density at radius 3 is 2.41 bits per heavy atom. The number of benzene rings is 1. The van der Waals surface area contributed by atoms with Gasteiger partial charge in [0.2, 0.25) is 0 Å². The lowest BCUT2D eigenvalue weighted by Crippen LogP contribution is -2.42. The molecule has 0 aliphatic heterocycles. The highest BCUT2D eigenvalue weighted by Gasteiger charge is 2.24. The van der Waals surface area contributed by atoms with Crippen molar-refractivity contribution >= 4 is 0 Å². The van der Waals surface area contributed by atoms with Crippen LogP contribution in [0.5, 0.6) is 0 Å². The molecule has 1 fully saturated rings. The fourth-order valence-corrected chi connectivity index (χ4v) is 2.51. The van der Waals surface area contributed by atoms with Crippen molar-refractivity contribution in [2.45, 2.75) is 50.8 Å². The van der Waals surface area contributed by atoms with Gasteiger partial charge in [-0.25, -0.2) is 0 Å². The summed E-state index contributed by atoms with van der Waals surface area (Å²) in [7, 11) is 0. The average Bonchev–Trinajstić information content (AvgIpc) is 2.40. The minimum Gasteiger partial charge on any atom is -0.376 e. The molecular weight excluding hydrogens is 214 g/mol. The molecule has 3 heteroatoms. The van der Waals surface area contributed by atoms with E-state index in [1.54, 1.807) is 0 Å². The van der Waals surface area contributed by atoms with Crippen molar-refractivity contribution in [1.29, 1.82) is 0 Å². The van der Waals surface area contributed by atoms with Crippen molar-refractivity contribution in [2.24, 2.45) is 0 Å². The predicted octanol–water partition coefficient (Wildman–Crippen LogP) is 2.57. The summed E-state index contributed by atoms with van der Waals surface area (Å²) in [5.74, 6) is 0. The third-order valence-corrected chi connectivity index (χ3v) is 3.52. The Hall–Kier alpha value is -0.900. The summed E-state index contributed by atoms with van der Waals surface area (Å²) in [4.78, 5) is 0. The molecule has 2 rings (SSSR count). The number of aliphatic hydroxyl groups excluding tert-OH is 1. The highest BCUT2D eigenvalue weighted by Crippen LogP contribution is 2.23. The lowest BCUT2D eigenvalue weighted by atomic mass is 9.95. The zero-order valence-corrected chi connectivity index (χ0v) is 10.1. The van der Waals surface area contributed by atoms with Crippen molar-refractivity contribution in [3.05, 3.63) is 35.9 Å². The fraction of sp³-hybridized carbons (Fsp3) is 0.571. The van der Waals surface area contributed by atoms with Gasteiger partial charge in [0.25, 0.3) is 0 Å². The van der Waals surface area contributed by atoms with Gasteiger partial charge in [0, 0.05) is 12.5 Å². The van der Waals surface area contributed by atoms with E-state index in [-0.39, 0.29) is 6.04 Å². The quantitative estimate of drug-likeness (QED) is 0.622. The van der Waals surface area contributed by atoms with Crippen molar-refractivity contribution < 1.29 is 10.3 Å². The molecule has 1 aromatic rings.